The minimum absolute atomic E-state index is 0.344. The highest BCUT2D eigenvalue weighted by molar-refractivity contribution is 9.06. The number of hydrogen-bond donors (Lipinski definition) is 0. The monoisotopic (exact) mass is 228 g/mol. The summed E-state index contributed by atoms with van der Waals surface area (Å²) in [6.07, 6.45) is 0.672. The van der Waals surface area contributed by atoms with Crippen molar-refractivity contribution in [2.45, 2.75) is 0 Å². The fourth-order valence-corrected chi connectivity index (χ4v) is 0.970. The molecule has 0 amide bonds. The molecule has 0 fully saturated rings. The van der Waals surface area contributed by atoms with Gasteiger partial charge in [-0.2, -0.15) is 0 Å². The molecule has 1 aromatic rings. The van der Waals surface area contributed by atoms with Crippen molar-refractivity contribution in [1.82, 2.24) is 0 Å². The van der Waals surface area contributed by atoms with Crippen molar-refractivity contribution in [1.29, 1.82) is 0 Å². The Morgan fingerprint density at radius 3 is 2.83 bits per heavy atom. The van der Waals surface area contributed by atoms with E-state index in [9.17, 15) is 9.59 Å². The van der Waals surface area contributed by atoms with Crippen molar-refractivity contribution in [2.75, 3.05) is 0 Å². The molecule has 1 aromatic carbocycles. The van der Waals surface area contributed by atoms with Crippen LogP contribution in [0, 0.1) is 0 Å². The Bertz CT molecular complexity index is 309. The molecule has 62 valence electrons. The Morgan fingerprint density at radius 2 is 2.25 bits per heavy atom. The van der Waals surface area contributed by atoms with Gasteiger partial charge in [0, 0.05) is 5.56 Å². The highest BCUT2D eigenvalue weighted by atomic mass is 79.9. The van der Waals surface area contributed by atoms with Crippen molar-refractivity contribution in [3.8, 4) is 0 Å². The van der Waals surface area contributed by atoms with E-state index < -0.39 is 5.97 Å². The van der Waals surface area contributed by atoms with E-state index in [1.165, 1.54) is 6.07 Å². The number of benzene rings is 1. The number of rotatable bonds is 2. The van der Waals surface area contributed by atoms with Crippen molar-refractivity contribution in [3.63, 3.8) is 0 Å². The summed E-state index contributed by atoms with van der Waals surface area (Å²) < 4.78 is 4.29. The third-order valence-electron chi connectivity index (χ3n) is 1.33. The molecule has 0 N–H and O–H groups in total. The molecular weight excluding hydrogens is 224 g/mol. The van der Waals surface area contributed by atoms with Crippen LogP contribution in [-0.4, -0.2) is 12.3 Å². The fourth-order valence-electron chi connectivity index (χ4n) is 0.783. The van der Waals surface area contributed by atoms with Crippen LogP contribution in [0.1, 0.15) is 20.7 Å². The van der Waals surface area contributed by atoms with Gasteiger partial charge in [-0.15, -0.1) is 0 Å². The Hall–Kier alpha value is -1.16. The number of carbonyl (C=O) groups is 2. The fraction of sp³-hybridized carbons (Fsp3) is 0. The van der Waals surface area contributed by atoms with Gasteiger partial charge in [0.05, 0.1) is 5.56 Å². The van der Waals surface area contributed by atoms with Gasteiger partial charge in [-0.1, -0.05) is 12.1 Å². The lowest BCUT2D eigenvalue weighted by Crippen LogP contribution is -1.97. The lowest BCUT2D eigenvalue weighted by molar-refractivity contribution is 0.0782. The van der Waals surface area contributed by atoms with Gasteiger partial charge in [0.1, 0.15) is 6.29 Å². The number of carbonyl (C=O) groups excluding carboxylic acids is 2. The van der Waals surface area contributed by atoms with Crippen molar-refractivity contribution in [2.24, 2.45) is 0 Å². The van der Waals surface area contributed by atoms with E-state index >= 15 is 0 Å². The highest BCUT2D eigenvalue weighted by Crippen LogP contribution is 2.06. The van der Waals surface area contributed by atoms with Gasteiger partial charge in [-0.05, 0) is 12.1 Å². The molecule has 12 heavy (non-hydrogen) atoms. The van der Waals surface area contributed by atoms with Crippen molar-refractivity contribution in [3.05, 3.63) is 35.4 Å². The van der Waals surface area contributed by atoms with E-state index in [0.29, 0.717) is 17.4 Å². The number of halogens is 1. The van der Waals surface area contributed by atoms with E-state index in [4.69, 9.17) is 0 Å². The third kappa shape index (κ3) is 1.92. The molecule has 0 saturated carbocycles. The van der Waals surface area contributed by atoms with E-state index in [2.05, 4.69) is 20.1 Å². The second kappa shape index (κ2) is 4.01. The topological polar surface area (TPSA) is 43.4 Å². The summed E-state index contributed by atoms with van der Waals surface area (Å²) in [7, 11) is 0. The zero-order valence-corrected chi connectivity index (χ0v) is 7.58. The predicted molar refractivity (Wildman–Crippen MR) is 46.2 cm³/mol. The van der Waals surface area contributed by atoms with Gasteiger partial charge in [0.25, 0.3) is 0 Å². The lowest BCUT2D eigenvalue weighted by Gasteiger charge is -1.96. The van der Waals surface area contributed by atoms with Crippen LogP contribution in [0.5, 0.6) is 0 Å². The largest absolute Gasteiger partial charge is 0.380 e. The molecule has 0 aromatic heterocycles. The van der Waals surface area contributed by atoms with E-state index in [0.717, 1.165) is 0 Å². The summed E-state index contributed by atoms with van der Waals surface area (Å²) in [4.78, 5) is 21.2. The second-order valence-corrected chi connectivity index (χ2v) is 2.43. The molecule has 0 saturated heterocycles. The number of hydrogen-bond acceptors (Lipinski definition) is 3. The summed E-state index contributed by atoms with van der Waals surface area (Å²) in [5, 5.41) is 0. The number of aldehydes is 1. The zero-order chi connectivity index (χ0) is 8.97. The molecule has 3 nitrogen and oxygen atoms in total. The maximum Gasteiger partial charge on any atom is 0.349 e. The normalized spacial score (nSPS) is 9.08. The molecule has 0 atom stereocenters. The first-order valence-corrected chi connectivity index (χ1v) is 3.81. The molecule has 0 aliphatic heterocycles. The Balaban J connectivity index is 3.01. The first kappa shape index (κ1) is 8.93. The summed E-state index contributed by atoms with van der Waals surface area (Å²) in [5.41, 5.74) is 0.793. The van der Waals surface area contributed by atoms with Crippen LogP contribution < -0.4 is 0 Å². The Labute approximate surface area is 77.8 Å². The summed E-state index contributed by atoms with van der Waals surface area (Å²) in [5.74, 6) is -0.515. The molecule has 4 heteroatoms. The maximum atomic E-state index is 10.9. The maximum absolute atomic E-state index is 10.9. The summed E-state index contributed by atoms with van der Waals surface area (Å²) >= 11 is 2.56. The first-order chi connectivity index (χ1) is 5.77. The van der Waals surface area contributed by atoms with E-state index in [1.807, 2.05) is 0 Å². The molecule has 0 heterocycles. The molecule has 0 radical (unpaired) electrons. The minimum atomic E-state index is -0.515. The van der Waals surface area contributed by atoms with Crippen LogP contribution in [0.4, 0.5) is 0 Å². The lowest BCUT2D eigenvalue weighted by atomic mass is 10.1. The molecule has 0 spiro atoms. The van der Waals surface area contributed by atoms with Gasteiger partial charge < -0.3 is 3.83 Å². The predicted octanol–water partition coefficient (Wildman–Crippen LogP) is 1.97. The minimum Gasteiger partial charge on any atom is -0.380 e. The standard InChI is InChI=1S/C8H5BrO3/c9-12-8(11)7-3-1-2-6(4-7)5-10/h1-5H. The van der Waals surface area contributed by atoms with E-state index in [-0.39, 0.29) is 0 Å². The Kier molecular flexibility index (Phi) is 2.99. The van der Waals surface area contributed by atoms with Crippen molar-refractivity contribution >= 4 is 28.5 Å². The average Bonchev–Trinajstić information content (AvgIpc) is 2.17. The third-order valence-corrected chi connectivity index (χ3v) is 1.62. The van der Waals surface area contributed by atoms with Gasteiger partial charge in [0.15, 0.2) is 16.3 Å². The first-order valence-electron chi connectivity index (χ1n) is 3.16. The zero-order valence-electron chi connectivity index (χ0n) is 5.99. The van der Waals surface area contributed by atoms with Gasteiger partial charge in [-0.3, -0.25) is 4.79 Å². The molecule has 1 rings (SSSR count). The van der Waals surface area contributed by atoms with Crippen LogP contribution in [0.3, 0.4) is 0 Å². The van der Waals surface area contributed by atoms with Crippen molar-refractivity contribution < 1.29 is 13.4 Å². The van der Waals surface area contributed by atoms with Crippen LogP contribution in [0.25, 0.3) is 0 Å². The summed E-state index contributed by atoms with van der Waals surface area (Å²) in [6.45, 7) is 0. The average molecular weight is 229 g/mol. The molecule has 0 unspecified atom stereocenters. The highest BCUT2D eigenvalue weighted by Gasteiger charge is 2.05. The smallest absolute Gasteiger partial charge is 0.349 e. The van der Waals surface area contributed by atoms with Gasteiger partial charge in [-0.25, -0.2) is 4.79 Å². The van der Waals surface area contributed by atoms with E-state index in [1.54, 1.807) is 18.2 Å². The van der Waals surface area contributed by atoms with Gasteiger partial charge in [0.2, 0.25) is 0 Å². The van der Waals surface area contributed by atoms with Gasteiger partial charge >= 0.3 is 5.97 Å². The SMILES string of the molecule is O=Cc1cccc(C(=O)OBr)c1. The molecule has 0 bridgehead atoms. The molecule has 0 aliphatic carbocycles. The molecule has 0 aliphatic rings. The Morgan fingerprint density at radius 1 is 1.50 bits per heavy atom. The summed E-state index contributed by atoms with van der Waals surface area (Å²) in [6, 6.07) is 6.24. The quantitative estimate of drug-likeness (QED) is 0.728. The van der Waals surface area contributed by atoms with Crippen LogP contribution >= 0.6 is 16.3 Å². The second-order valence-electron chi connectivity index (χ2n) is 2.11. The van der Waals surface area contributed by atoms with Crippen LogP contribution in [0.15, 0.2) is 24.3 Å². The van der Waals surface area contributed by atoms with Crippen LogP contribution in [0.2, 0.25) is 0 Å². The molecular formula is C8H5BrO3. The van der Waals surface area contributed by atoms with Crippen LogP contribution in [-0.2, 0) is 3.83 Å².